The highest BCUT2D eigenvalue weighted by molar-refractivity contribution is 5.85. The van der Waals surface area contributed by atoms with Gasteiger partial charge in [0.1, 0.15) is 11.4 Å². The molecule has 0 aromatic carbocycles. The number of nitrogens with zero attached hydrogens (tertiary/aromatic N) is 1. The molecule has 92 valence electrons. The Morgan fingerprint density at radius 1 is 1.59 bits per heavy atom. The van der Waals surface area contributed by atoms with Gasteiger partial charge in [0.15, 0.2) is 5.69 Å². The Hall–Kier alpha value is -1.66. The molecule has 1 atom stereocenters. The Bertz CT molecular complexity index is 416. The van der Waals surface area contributed by atoms with Crippen molar-refractivity contribution in [1.82, 2.24) is 4.98 Å². The van der Waals surface area contributed by atoms with Crippen molar-refractivity contribution in [1.29, 1.82) is 0 Å². The maximum atomic E-state index is 10.7. The lowest BCUT2D eigenvalue weighted by Gasteiger charge is -2.20. The molecule has 3 N–H and O–H groups in total. The van der Waals surface area contributed by atoms with Gasteiger partial charge in [-0.15, -0.1) is 0 Å². The predicted molar refractivity (Wildman–Crippen MR) is 60.1 cm³/mol. The first kappa shape index (κ1) is 11.8. The monoisotopic (exact) mass is 238 g/mol. The molecular formula is C11H14N2O4. The highest BCUT2D eigenvalue weighted by atomic mass is 16.5. The molecule has 0 radical (unpaired) electrons. The Kier molecular flexibility index (Phi) is 3.26. The van der Waals surface area contributed by atoms with Gasteiger partial charge in [0.2, 0.25) is 0 Å². The van der Waals surface area contributed by atoms with Crippen molar-refractivity contribution in [2.75, 3.05) is 25.1 Å². The molecule has 1 aromatic heterocycles. The Balaban J connectivity index is 1.99. The fourth-order valence-electron chi connectivity index (χ4n) is 1.64. The number of aromatic nitrogens is 1. The zero-order valence-corrected chi connectivity index (χ0v) is 9.22. The number of hydrogen-bond acceptors (Lipinski definition) is 5. The third-order valence-corrected chi connectivity index (χ3v) is 2.65. The van der Waals surface area contributed by atoms with Crippen LogP contribution in [-0.2, 0) is 4.74 Å². The summed E-state index contributed by atoms with van der Waals surface area (Å²) in [6.07, 6.45) is 0.568. The Labute approximate surface area is 98.2 Å². The van der Waals surface area contributed by atoms with Crippen LogP contribution < -0.4 is 5.32 Å². The van der Waals surface area contributed by atoms with Gasteiger partial charge in [0.05, 0.1) is 6.61 Å². The van der Waals surface area contributed by atoms with E-state index in [4.69, 9.17) is 9.84 Å². The van der Waals surface area contributed by atoms with Gasteiger partial charge in [-0.25, -0.2) is 9.78 Å². The van der Waals surface area contributed by atoms with Crippen molar-refractivity contribution in [3.63, 3.8) is 0 Å². The lowest BCUT2D eigenvalue weighted by molar-refractivity contribution is 0.0381. The molecular weight excluding hydrogens is 224 g/mol. The second-order valence-corrected chi connectivity index (χ2v) is 4.09. The first-order valence-electron chi connectivity index (χ1n) is 5.33. The van der Waals surface area contributed by atoms with E-state index in [-0.39, 0.29) is 5.69 Å². The third kappa shape index (κ3) is 2.92. The standard InChI is InChI=1S/C11H14N2O4/c14-10(15)8-2-1-3-9(13-8)12-6-11(16)4-5-17-7-11/h1-3,16H,4-7H2,(H,12,13)(H,14,15). The van der Waals surface area contributed by atoms with Gasteiger partial charge in [0, 0.05) is 19.6 Å². The van der Waals surface area contributed by atoms with Crippen LogP contribution in [-0.4, -0.2) is 46.5 Å². The predicted octanol–water partition coefficient (Wildman–Crippen LogP) is 0.343. The van der Waals surface area contributed by atoms with Crippen LogP contribution in [0.15, 0.2) is 18.2 Å². The smallest absolute Gasteiger partial charge is 0.354 e. The van der Waals surface area contributed by atoms with E-state index in [1.807, 2.05) is 0 Å². The lowest BCUT2D eigenvalue weighted by atomic mass is 10.0. The third-order valence-electron chi connectivity index (χ3n) is 2.65. The lowest BCUT2D eigenvalue weighted by Crippen LogP contribution is -2.37. The normalized spacial score (nSPS) is 23.6. The molecule has 17 heavy (non-hydrogen) atoms. The Morgan fingerprint density at radius 3 is 3.06 bits per heavy atom. The van der Waals surface area contributed by atoms with Crippen LogP contribution in [0.3, 0.4) is 0 Å². The number of carboxylic acids is 1. The second kappa shape index (κ2) is 4.68. The van der Waals surface area contributed by atoms with Crippen LogP contribution in [0.2, 0.25) is 0 Å². The number of aliphatic hydroxyl groups is 1. The molecule has 0 amide bonds. The second-order valence-electron chi connectivity index (χ2n) is 4.09. The SMILES string of the molecule is O=C(O)c1cccc(NCC2(O)CCOC2)n1. The number of aromatic carboxylic acids is 1. The van der Waals surface area contributed by atoms with Gasteiger partial charge >= 0.3 is 5.97 Å². The van der Waals surface area contributed by atoms with Crippen LogP contribution in [0, 0.1) is 0 Å². The number of rotatable bonds is 4. The van der Waals surface area contributed by atoms with Gasteiger partial charge in [-0.2, -0.15) is 0 Å². The van der Waals surface area contributed by atoms with Gasteiger partial charge in [-0.1, -0.05) is 6.07 Å². The van der Waals surface area contributed by atoms with E-state index in [2.05, 4.69) is 10.3 Å². The molecule has 1 aliphatic rings. The van der Waals surface area contributed by atoms with Crippen molar-refractivity contribution >= 4 is 11.8 Å². The van der Waals surface area contributed by atoms with Crippen molar-refractivity contribution in [2.24, 2.45) is 0 Å². The number of ether oxygens (including phenoxy) is 1. The van der Waals surface area contributed by atoms with Crippen molar-refractivity contribution in [3.8, 4) is 0 Å². The van der Waals surface area contributed by atoms with E-state index in [0.29, 0.717) is 32.0 Å². The van der Waals surface area contributed by atoms with E-state index >= 15 is 0 Å². The number of carboxylic acid groups (broad SMARTS) is 1. The van der Waals surface area contributed by atoms with Crippen LogP contribution >= 0.6 is 0 Å². The summed E-state index contributed by atoms with van der Waals surface area (Å²) in [4.78, 5) is 14.6. The molecule has 2 heterocycles. The highest BCUT2D eigenvalue weighted by Gasteiger charge is 2.31. The molecule has 1 unspecified atom stereocenters. The summed E-state index contributed by atoms with van der Waals surface area (Å²) in [5, 5.41) is 21.7. The summed E-state index contributed by atoms with van der Waals surface area (Å²) in [7, 11) is 0. The number of nitrogens with one attached hydrogen (secondary N) is 1. The van der Waals surface area contributed by atoms with Crippen molar-refractivity contribution < 1.29 is 19.7 Å². The van der Waals surface area contributed by atoms with Gasteiger partial charge in [0.25, 0.3) is 0 Å². The maximum Gasteiger partial charge on any atom is 0.354 e. The number of carbonyl (C=O) groups is 1. The Morgan fingerprint density at radius 2 is 2.41 bits per heavy atom. The summed E-state index contributed by atoms with van der Waals surface area (Å²) >= 11 is 0. The first-order valence-corrected chi connectivity index (χ1v) is 5.33. The van der Waals surface area contributed by atoms with E-state index in [1.54, 1.807) is 12.1 Å². The molecule has 0 saturated carbocycles. The minimum Gasteiger partial charge on any atom is -0.477 e. The van der Waals surface area contributed by atoms with E-state index in [1.165, 1.54) is 6.07 Å². The quantitative estimate of drug-likeness (QED) is 0.700. The summed E-state index contributed by atoms with van der Waals surface area (Å²) in [5.74, 6) is -0.637. The fraction of sp³-hybridized carbons (Fsp3) is 0.455. The zero-order chi connectivity index (χ0) is 12.3. The van der Waals surface area contributed by atoms with Crippen molar-refractivity contribution in [3.05, 3.63) is 23.9 Å². The molecule has 1 aromatic rings. The van der Waals surface area contributed by atoms with Crippen molar-refractivity contribution in [2.45, 2.75) is 12.0 Å². The minimum atomic E-state index is -1.07. The van der Waals surface area contributed by atoms with Crippen LogP contribution in [0.25, 0.3) is 0 Å². The first-order chi connectivity index (χ1) is 8.09. The molecule has 1 saturated heterocycles. The maximum absolute atomic E-state index is 10.7. The molecule has 0 bridgehead atoms. The average Bonchev–Trinajstić information content (AvgIpc) is 2.75. The summed E-state index contributed by atoms with van der Waals surface area (Å²) < 4.78 is 5.11. The summed E-state index contributed by atoms with van der Waals surface area (Å²) in [5.41, 5.74) is -0.911. The van der Waals surface area contributed by atoms with Crippen LogP contribution in [0.1, 0.15) is 16.9 Å². The number of hydrogen-bond donors (Lipinski definition) is 3. The molecule has 0 aliphatic carbocycles. The molecule has 6 heteroatoms. The summed E-state index contributed by atoms with van der Waals surface area (Å²) in [6, 6.07) is 4.68. The summed E-state index contributed by atoms with van der Waals surface area (Å²) in [6.45, 7) is 1.13. The molecule has 6 nitrogen and oxygen atoms in total. The van der Waals surface area contributed by atoms with Gasteiger partial charge in [-0.3, -0.25) is 0 Å². The minimum absolute atomic E-state index is 0.0235. The average molecular weight is 238 g/mol. The van der Waals surface area contributed by atoms with Gasteiger partial charge < -0.3 is 20.3 Å². The largest absolute Gasteiger partial charge is 0.477 e. The number of anilines is 1. The molecule has 1 fully saturated rings. The number of pyridine rings is 1. The van der Waals surface area contributed by atoms with E-state index < -0.39 is 11.6 Å². The van der Waals surface area contributed by atoms with Crippen LogP contribution in [0.5, 0.6) is 0 Å². The van der Waals surface area contributed by atoms with E-state index in [9.17, 15) is 9.90 Å². The zero-order valence-electron chi connectivity index (χ0n) is 9.22. The van der Waals surface area contributed by atoms with E-state index in [0.717, 1.165) is 0 Å². The van der Waals surface area contributed by atoms with Gasteiger partial charge in [-0.05, 0) is 12.1 Å². The van der Waals surface area contributed by atoms with Crippen LogP contribution in [0.4, 0.5) is 5.82 Å². The highest BCUT2D eigenvalue weighted by Crippen LogP contribution is 2.18. The fourth-order valence-corrected chi connectivity index (χ4v) is 1.64. The topological polar surface area (TPSA) is 91.7 Å². The molecule has 2 rings (SSSR count). The molecule has 1 aliphatic heterocycles. The molecule has 0 spiro atoms.